The highest BCUT2D eigenvalue weighted by Crippen LogP contribution is 2.50. The Labute approximate surface area is 127 Å². The lowest BCUT2D eigenvalue weighted by Gasteiger charge is -2.26. The Kier molecular flexibility index (Phi) is 4.48. The van der Waals surface area contributed by atoms with Gasteiger partial charge in [-0.25, -0.2) is 4.39 Å². The van der Waals surface area contributed by atoms with Gasteiger partial charge in [-0.1, -0.05) is 18.6 Å². The van der Waals surface area contributed by atoms with Crippen molar-refractivity contribution in [3.8, 4) is 5.75 Å². The van der Waals surface area contributed by atoms with Gasteiger partial charge in [0.25, 0.3) is 0 Å². The fourth-order valence-electron chi connectivity index (χ4n) is 4.47. The summed E-state index contributed by atoms with van der Waals surface area (Å²) in [6.07, 6.45) is 7.61. The summed E-state index contributed by atoms with van der Waals surface area (Å²) >= 11 is 0. The van der Waals surface area contributed by atoms with Gasteiger partial charge >= 0.3 is 0 Å². The second-order valence-electron chi connectivity index (χ2n) is 6.79. The number of likely N-dealkylation sites (N-methyl/N-ethyl adjacent to an activating group) is 1. The van der Waals surface area contributed by atoms with Crippen LogP contribution in [0.15, 0.2) is 18.2 Å². The van der Waals surface area contributed by atoms with Crippen LogP contribution in [0.1, 0.15) is 37.7 Å². The van der Waals surface area contributed by atoms with Gasteiger partial charge < -0.3 is 10.1 Å². The lowest BCUT2D eigenvalue weighted by Crippen LogP contribution is -2.31. The van der Waals surface area contributed by atoms with Crippen LogP contribution in [0, 0.1) is 23.6 Å². The second-order valence-corrected chi connectivity index (χ2v) is 6.79. The topological polar surface area (TPSA) is 21.3 Å². The summed E-state index contributed by atoms with van der Waals surface area (Å²) in [5.74, 6) is 2.90. The summed E-state index contributed by atoms with van der Waals surface area (Å²) in [5.41, 5.74) is 0.761. The van der Waals surface area contributed by atoms with Crippen molar-refractivity contribution in [1.82, 2.24) is 5.32 Å². The molecule has 0 spiro atoms. The first kappa shape index (κ1) is 14.8. The first-order valence-electron chi connectivity index (χ1n) is 8.20. The summed E-state index contributed by atoms with van der Waals surface area (Å²) in [6, 6.07) is 5.80. The van der Waals surface area contributed by atoms with Crippen LogP contribution in [0.4, 0.5) is 4.39 Å². The van der Waals surface area contributed by atoms with E-state index in [9.17, 15) is 4.39 Å². The van der Waals surface area contributed by atoms with Gasteiger partial charge in [-0.15, -0.1) is 0 Å². The molecule has 2 aliphatic rings. The predicted octanol–water partition coefficient (Wildman–Crippen LogP) is 3.79. The van der Waals surface area contributed by atoms with Crippen LogP contribution in [0.25, 0.3) is 0 Å². The smallest absolute Gasteiger partial charge is 0.168 e. The van der Waals surface area contributed by atoms with Crippen molar-refractivity contribution in [3.63, 3.8) is 0 Å². The van der Waals surface area contributed by atoms with E-state index in [0.29, 0.717) is 11.8 Å². The van der Waals surface area contributed by atoms with Gasteiger partial charge in [0.1, 0.15) is 0 Å². The largest absolute Gasteiger partial charge is 0.494 e. The predicted molar refractivity (Wildman–Crippen MR) is 83.1 cm³/mol. The van der Waals surface area contributed by atoms with Crippen LogP contribution in [-0.4, -0.2) is 20.2 Å². The average Bonchev–Trinajstić information content (AvgIpc) is 3.11. The molecule has 2 aliphatic carbocycles. The molecule has 0 aliphatic heterocycles. The van der Waals surface area contributed by atoms with Crippen molar-refractivity contribution in [1.29, 1.82) is 0 Å². The average molecular weight is 291 g/mol. The number of hydrogen-bond acceptors (Lipinski definition) is 2. The number of rotatable bonds is 6. The van der Waals surface area contributed by atoms with Crippen molar-refractivity contribution in [3.05, 3.63) is 29.6 Å². The summed E-state index contributed by atoms with van der Waals surface area (Å²) < 4.78 is 19.4. The minimum Gasteiger partial charge on any atom is -0.494 e. The molecular weight excluding hydrogens is 265 g/mol. The van der Waals surface area contributed by atoms with E-state index in [4.69, 9.17) is 4.74 Å². The van der Waals surface area contributed by atoms with E-state index in [1.165, 1.54) is 39.2 Å². The highest BCUT2D eigenvalue weighted by atomic mass is 19.1. The molecule has 2 fully saturated rings. The normalized spacial score (nSPS) is 28.8. The first-order chi connectivity index (χ1) is 10.2. The molecule has 0 radical (unpaired) electrons. The third-order valence-electron chi connectivity index (χ3n) is 5.61. The Balaban J connectivity index is 1.64. The van der Waals surface area contributed by atoms with Gasteiger partial charge in [0.15, 0.2) is 11.6 Å². The highest BCUT2D eigenvalue weighted by molar-refractivity contribution is 5.31. The van der Waals surface area contributed by atoms with Crippen molar-refractivity contribution < 1.29 is 9.13 Å². The number of fused-ring (bicyclic) bond motifs is 2. The maximum absolute atomic E-state index is 14.3. The van der Waals surface area contributed by atoms with Gasteiger partial charge in [-0.2, -0.15) is 0 Å². The lowest BCUT2D eigenvalue weighted by molar-refractivity contribution is 0.280. The van der Waals surface area contributed by atoms with Gasteiger partial charge in [0, 0.05) is 6.04 Å². The van der Waals surface area contributed by atoms with E-state index in [1.807, 2.05) is 19.2 Å². The Morgan fingerprint density at radius 3 is 2.81 bits per heavy atom. The van der Waals surface area contributed by atoms with Crippen molar-refractivity contribution in [2.24, 2.45) is 17.8 Å². The fraction of sp³-hybridized carbons (Fsp3) is 0.667. The van der Waals surface area contributed by atoms with E-state index < -0.39 is 0 Å². The minimum atomic E-state index is -0.201. The number of benzene rings is 1. The quantitative estimate of drug-likeness (QED) is 0.861. The molecule has 2 saturated carbocycles. The molecule has 1 N–H and O–H groups in total. The number of ether oxygens (including phenoxy) is 1. The second kappa shape index (κ2) is 6.35. The molecule has 4 unspecified atom stereocenters. The molecule has 0 saturated heterocycles. The maximum atomic E-state index is 14.3. The third-order valence-corrected chi connectivity index (χ3v) is 5.61. The molecule has 1 aromatic rings. The Hall–Kier alpha value is -1.09. The molecule has 2 bridgehead atoms. The molecule has 3 rings (SSSR count). The van der Waals surface area contributed by atoms with Crippen molar-refractivity contribution in [2.75, 3.05) is 14.2 Å². The Morgan fingerprint density at radius 1 is 1.33 bits per heavy atom. The molecule has 1 aromatic carbocycles. The molecule has 21 heavy (non-hydrogen) atoms. The van der Waals surface area contributed by atoms with E-state index in [-0.39, 0.29) is 5.82 Å². The van der Waals surface area contributed by atoms with Crippen LogP contribution >= 0.6 is 0 Å². The summed E-state index contributed by atoms with van der Waals surface area (Å²) in [5, 5.41) is 3.39. The van der Waals surface area contributed by atoms with E-state index >= 15 is 0 Å². The van der Waals surface area contributed by atoms with Gasteiger partial charge in [-0.05, 0) is 68.5 Å². The zero-order valence-corrected chi connectivity index (χ0v) is 13.1. The van der Waals surface area contributed by atoms with E-state index in [0.717, 1.165) is 29.7 Å². The van der Waals surface area contributed by atoms with Crippen LogP contribution in [0.2, 0.25) is 0 Å². The first-order valence-corrected chi connectivity index (χ1v) is 8.20. The minimum absolute atomic E-state index is 0.201. The van der Waals surface area contributed by atoms with Gasteiger partial charge in [0.05, 0.1) is 7.11 Å². The third kappa shape index (κ3) is 3.08. The van der Waals surface area contributed by atoms with Crippen LogP contribution < -0.4 is 10.1 Å². The Bertz CT molecular complexity index is 490. The Morgan fingerprint density at radius 2 is 2.19 bits per heavy atom. The molecule has 0 heterocycles. The molecule has 0 aromatic heterocycles. The van der Waals surface area contributed by atoms with E-state index in [2.05, 4.69) is 5.32 Å². The zero-order chi connectivity index (χ0) is 14.8. The molecule has 3 heteroatoms. The zero-order valence-electron chi connectivity index (χ0n) is 13.1. The van der Waals surface area contributed by atoms with Crippen LogP contribution in [0.5, 0.6) is 5.75 Å². The van der Waals surface area contributed by atoms with Crippen molar-refractivity contribution >= 4 is 0 Å². The lowest BCUT2D eigenvalue weighted by atomic mass is 9.83. The number of nitrogens with one attached hydrogen (secondary N) is 1. The fourth-order valence-corrected chi connectivity index (χ4v) is 4.47. The van der Waals surface area contributed by atoms with Gasteiger partial charge in [-0.3, -0.25) is 0 Å². The molecule has 4 atom stereocenters. The summed E-state index contributed by atoms with van der Waals surface area (Å²) in [4.78, 5) is 0. The molecule has 0 amide bonds. The summed E-state index contributed by atoms with van der Waals surface area (Å²) in [6.45, 7) is 0. The van der Waals surface area contributed by atoms with Gasteiger partial charge in [0.2, 0.25) is 0 Å². The summed E-state index contributed by atoms with van der Waals surface area (Å²) in [7, 11) is 3.52. The van der Waals surface area contributed by atoms with Crippen molar-refractivity contribution in [2.45, 2.75) is 44.6 Å². The maximum Gasteiger partial charge on any atom is 0.168 e. The van der Waals surface area contributed by atoms with Crippen LogP contribution in [-0.2, 0) is 6.42 Å². The van der Waals surface area contributed by atoms with E-state index in [1.54, 1.807) is 6.07 Å². The molecule has 2 nitrogen and oxygen atoms in total. The standard InChI is InChI=1S/C18H26FNO/c1-20-16(11-15-9-12-6-7-13(15)8-12)10-14-4-3-5-17(21-2)18(14)19/h3-5,12-13,15-16,20H,6-11H2,1-2H3. The number of hydrogen-bond donors (Lipinski definition) is 1. The number of halogens is 1. The molecule has 116 valence electrons. The van der Waals surface area contributed by atoms with Crippen LogP contribution in [0.3, 0.4) is 0 Å². The highest BCUT2D eigenvalue weighted by Gasteiger charge is 2.39. The SMILES string of the molecule is CNC(Cc1cccc(OC)c1F)CC1CC2CCC1C2. The monoisotopic (exact) mass is 291 g/mol. The molecular formula is C18H26FNO. The number of methoxy groups -OCH3 is 1.